The fraction of sp³-hybridized carbons (Fsp3) is 0.222. The molecule has 1 aliphatic rings. The Bertz CT molecular complexity index is 1040. The molecule has 6 nitrogen and oxygen atoms in total. The van der Waals surface area contributed by atoms with Gasteiger partial charge in [0.25, 0.3) is 0 Å². The van der Waals surface area contributed by atoms with Gasteiger partial charge in [0.05, 0.1) is 27.4 Å². The van der Waals surface area contributed by atoms with Crippen molar-refractivity contribution in [1.29, 1.82) is 0 Å². The van der Waals surface area contributed by atoms with Crippen LogP contribution in [-0.2, 0) is 9.84 Å². The molecule has 1 saturated heterocycles. The summed E-state index contributed by atoms with van der Waals surface area (Å²) in [5, 5.41) is 6.40. The third kappa shape index (κ3) is 3.56. The number of aromatic nitrogens is 1. The number of anilines is 1. The number of fused-ring (bicyclic) bond motifs is 1. The molecule has 8 heteroatoms. The molecule has 0 radical (unpaired) electrons. The highest BCUT2D eigenvalue weighted by atomic mass is 32.2. The van der Waals surface area contributed by atoms with E-state index in [-0.39, 0.29) is 17.5 Å². The highest BCUT2D eigenvalue weighted by Gasteiger charge is 2.29. The van der Waals surface area contributed by atoms with Crippen LogP contribution in [-0.4, -0.2) is 37.0 Å². The van der Waals surface area contributed by atoms with Crippen LogP contribution in [0.3, 0.4) is 0 Å². The van der Waals surface area contributed by atoms with Crippen molar-refractivity contribution in [2.75, 3.05) is 16.8 Å². The van der Waals surface area contributed by atoms with E-state index in [0.29, 0.717) is 12.1 Å². The standard InChI is InChI=1S/C18H17N3O3S2/c22-18(19-12-9-10-26(23,24)11-12)21-14-6-2-1-5-13(14)17-20-15-7-3-4-8-16(15)25-17/h1-8,12H,9-11H2,(H2,19,21,22). The summed E-state index contributed by atoms with van der Waals surface area (Å²) in [5.74, 6) is 0.125. The van der Waals surface area contributed by atoms with Crippen molar-refractivity contribution < 1.29 is 13.2 Å². The molecule has 4 rings (SSSR count). The minimum absolute atomic E-state index is 0.0000631. The van der Waals surface area contributed by atoms with E-state index >= 15 is 0 Å². The van der Waals surface area contributed by atoms with Gasteiger partial charge >= 0.3 is 6.03 Å². The van der Waals surface area contributed by atoms with E-state index in [4.69, 9.17) is 0 Å². The number of nitrogens with one attached hydrogen (secondary N) is 2. The zero-order chi connectivity index (χ0) is 18.1. The molecule has 2 aromatic carbocycles. The molecule has 2 amide bonds. The van der Waals surface area contributed by atoms with Gasteiger partial charge in [-0.3, -0.25) is 0 Å². The molecule has 1 aromatic heterocycles. The summed E-state index contributed by atoms with van der Waals surface area (Å²) in [4.78, 5) is 16.9. The molecule has 0 bridgehead atoms. The fourth-order valence-electron chi connectivity index (χ4n) is 3.02. The molecule has 3 aromatic rings. The lowest BCUT2D eigenvalue weighted by atomic mass is 10.2. The Hall–Kier alpha value is -2.45. The van der Waals surface area contributed by atoms with Gasteiger partial charge in [-0.15, -0.1) is 11.3 Å². The Kier molecular flexibility index (Phi) is 4.37. The molecule has 0 aliphatic carbocycles. The Labute approximate surface area is 155 Å². The Morgan fingerprint density at radius 3 is 2.65 bits per heavy atom. The first-order valence-corrected chi connectivity index (χ1v) is 10.9. The van der Waals surface area contributed by atoms with Crippen LogP contribution in [0, 0.1) is 0 Å². The predicted molar refractivity (Wildman–Crippen MR) is 104 cm³/mol. The van der Waals surface area contributed by atoms with Gasteiger partial charge in [0.2, 0.25) is 0 Å². The summed E-state index contributed by atoms with van der Waals surface area (Å²) in [6.07, 6.45) is 0.454. The highest BCUT2D eigenvalue weighted by Crippen LogP contribution is 2.34. The quantitative estimate of drug-likeness (QED) is 0.722. The summed E-state index contributed by atoms with van der Waals surface area (Å²) in [7, 11) is -3.03. The number of carbonyl (C=O) groups is 1. The summed E-state index contributed by atoms with van der Waals surface area (Å²) in [6.45, 7) is 0. The maximum absolute atomic E-state index is 12.3. The Morgan fingerprint density at radius 1 is 1.12 bits per heavy atom. The second-order valence-electron chi connectivity index (χ2n) is 6.23. The second kappa shape index (κ2) is 6.69. The normalized spacial score (nSPS) is 18.7. The molecule has 26 heavy (non-hydrogen) atoms. The number of urea groups is 1. The number of carbonyl (C=O) groups excluding carboxylic acids is 1. The lowest BCUT2D eigenvalue weighted by Gasteiger charge is -2.13. The third-order valence-corrected chi connectivity index (χ3v) is 7.10. The van der Waals surface area contributed by atoms with Crippen molar-refractivity contribution in [2.24, 2.45) is 0 Å². The Morgan fingerprint density at radius 2 is 1.88 bits per heavy atom. The maximum Gasteiger partial charge on any atom is 0.319 e. The molecule has 0 spiro atoms. The zero-order valence-corrected chi connectivity index (χ0v) is 15.4. The number of sulfone groups is 1. The van der Waals surface area contributed by atoms with Gasteiger partial charge in [0, 0.05) is 11.6 Å². The van der Waals surface area contributed by atoms with Gasteiger partial charge in [-0.25, -0.2) is 18.2 Å². The largest absolute Gasteiger partial charge is 0.334 e. The first kappa shape index (κ1) is 17.0. The summed E-state index contributed by atoms with van der Waals surface area (Å²) in [5.41, 5.74) is 2.40. The van der Waals surface area contributed by atoms with E-state index < -0.39 is 15.9 Å². The average molecular weight is 387 g/mol. The molecule has 1 unspecified atom stereocenters. The molecule has 1 atom stereocenters. The summed E-state index contributed by atoms with van der Waals surface area (Å²) in [6, 6.07) is 14.6. The third-order valence-electron chi connectivity index (χ3n) is 4.27. The zero-order valence-electron chi connectivity index (χ0n) is 13.8. The van der Waals surface area contributed by atoms with Gasteiger partial charge in [-0.05, 0) is 30.7 Å². The number of thiazole rings is 1. The number of hydrogen-bond donors (Lipinski definition) is 2. The van der Waals surface area contributed by atoms with Gasteiger partial charge < -0.3 is 10.6 Å². The van der Waals surface area contributed by atoms with E-state index in [0.717, 1.165) is 20.8 Å². The number of amides is 2. The van der Waals surface area contributed by atoms with Crippen LogP contribution < -0.4 is 10.6 Å². The van der Waals surface area contributed by atoms with Crippen LogP contribution in [0.15, 0.2) is 48.5 Å². The second-order valence-corrected chi connectivity index (χ2v) is 9.49. The van der Waals surface area contributed by atoms with Crippen molar-refractivity contribution in [2.45, 2.75) is 12.5 Å². The first-order valence-electron chi connectivity index (χ1n) is 8.23. The number of hydrogen-bond acceptors (Lipinski definition) is 5. The molecule has 1 aliphatic heterocycles. The van der Waals surface area contributed by atoms with E-state index in [1.54, 1.807) is 11.3 Å². The van der Waals surface area contributed by atoms with E-state index in [1.807, 2.05) is 48.5 Å². The van der Waals surface area contributed by atoms with E-state index in [1.165, 1.54) is 0 Å². The molecule has 134 valence electrons. The van der Waals surface area contributed by atoms with E-state index in [9.17, 15) is 13.2 Å². The van der Waals surface area contributed by atoms with Crippen molar-refractivity contribution >= 4 is 43.1 Å². The molecule has 0 saturated carbocycles. The van der Waals surface area contributed by atoms with E-state index in [2.05, 4.69) is 15.6 Å². The van der Waals surface area contributed by atoms with Crippen LogP contribution in [0.4, 0.5) is 10.5 Å². The monoisotopic (exact) mass is 387 g/mol. The molecular formula is C18H17N3O3S2. The van der Waals surface area contributed by atoms with Gasteiger partial charge in [-0.2, -0.15) is 0 Å². The lowest BCUT2D eigenvalue weighted by Crippen LogP contribution is -2.38. The van der Waals surface area contributed by atoms with Gasteiger partial charge in [0.1, 0.15) is 5.01 Å². The maximum atomic E-state index is 12.3. The van der Waals surface area contributed by atoms with Crippen LogP contribution in [0.25, 0.3) is 20.8 Å². The van der Waals surface area contributed by atoms with Crippen LogP contribution in [0.2, 0.25) is 0 Å². The van der Waals surface area contributed by atoms with Gasteiger partial charge in [-0.1, -0.05) is 24.3 Å². The lowest BCUT2D eigenvalue weighted by molar-refractivity contribution is 0.249. The number of benzene rings is 2. The Balaban J connectivity index is 1.55. The minimum atomic E-state index is -3.03. The number of nitrogens with zero attached hydrogens (tertiary/aromatic N) is 1. The minimum Gasteiger partial charge on any atom is -0.334 e. The highest BCUT2D eigenvalue weighted by molar-refractivity contribution is 7.91. The van der Waals surface area contributed by atoms with Crippen molar-refractivity contribution in [3.8, 4) is 10.6 Å². The van der Waals surface area contributed by atoms with Crippen LogP contribution in [0.5, 0.6) is 0 Å². The summed E-state index contributed by atoms with van der Waals surface area (Å²) >= 11 is 1.56. The molecule has 2 heterocycles. The summed E-state index contributed by atoms with van der Waals surface area (Å²) < 4.78 is 24.1. The van der Waals surface area contributed by atoms with Crippen LogP contribution >= 0.6 is 11.3 Å². The van der Waals surface area contributed by atoms with Crippen molar-refractivity contribution in [3.63, 3.8) is 0 Å². The van der Waals surface area contributed by atoms with Gasteiger partial charge in [0.15, 0.2) is 9.84 Å². The molecule has 2 N–H and O–H groups in total. The smallest absolute Gasteiger partial charge is 0.319 e. The topological polar surface area (TPSA) is 88.2 Å². The number of rotatable bonds is 3. The SMILES string of the molecule is O=C(Nc1ccccc1-c1nc2ccccc2s1)NC1CCS(=O)(=O)C1. The molecular weight excluding hydrogens is 370 g/mol. The van der Waals surface area contributed by atoms with Crippen LogP contribution in [0.1, 0.15) is 6.42 Å². The van der Waals surface area contributed by atoms with Crippen molar-refractivity contribution in [1.82, 2.24) is 10.3 Å². The average Bonchev–Trinajstić information content (AvgIpc) is 3.18. The fourth-order valence-corrected chi connectivity index (χ4v) is 5.70. The molecule has 1 fully saturated rings. The predicted octanol–water partition coefficient (Wildman–Crippen LogP) is 3.27. The number of para-hydroxylation sites is 2. The van der Waals surface area contributed by atoms with Crippen molar-refractivity contribution in [3.05, 3.63) is 48.5 Å². The first-order chi connectivity index (χ1) is 12.5.